The quantitative estimate of drug-likeness (QED) is 0.648. The fourth-order valence-electron chi connectivity index (χ4n) is 3.63. The third-order valence-electron chi connectivity index (χ3n) is 5.38. The van der Waals surface area contributed by atoms with Crippen LogP contribution in [0.5, 0.6) is 5.88 Å². The number of piperidine rings is 1. The first-order valence-electron chi connectivity index (χ1n) is 10.0. The van der Waals surface area contributed by atoms with Crippen molar-refractivity contribution in [1.82, 2.24) is 19.9 Å². The second kappa shape index (κ2) is 9.26. The van der Waals surface area contributed by atoms with Crippen molar-refractivity contribution < 1.29 is 9.53 Å². The van der Waals surface area contributed by atoms with E-state index in [0.717, 1.165) is 48.6 Å². The van der Waals surface area contributed by atoms with Gasteiger partial charge in [-0.1, -0.05) is 17.7 Å². The molecule has 9 heteroatoms. The van der Waals surface area contributed by atoms with Crippen LogP contribution in [0.4, 0.5) is 11.6 Å². The highest BCUT2D eigenvalue weighted by molar-refractivity contribution is 6.33. The number of carbonyl (C=O) groups is 1. The highest BCUT2D eigenvalue weighted by Gasteiger charge is 2.26. The number of amides is 1. The van der Waals surface area contributed by atoms with E-state index in [1.807, 2.05) is 25.1 Å². The molecule has 1 aliphatic rings. The van der Waals surface area contributed by atoms with E-state index in [1.165, 1.54) is 19.5 Å². The first kappa shape index (κ1) is 21.0. The number of rotatable bonds is 5. The molecule has 3 aromatic rings. The predicted molar refractivity (Wildman–Crippen MR) is 119 cm³/mol. The van der Waals surface area contributed by atoms with Gasteiger partial charge in [0.05, 0.1) is 30.2 Å². The number of ether oxygens (including phenoxy) is 1. The van der Waals surface area contributed by atoms with E-state index in [0.29, 0.717) is 16.7 Å². The normalized spacial score (nSPS) is 14.4. The molecule has 4 heterocycles. The zero-order chi connectivity index (χ0) is 21.8. The van der Waals surface area contributed by atoms with Gasteiger partial charge in [0.25, 0.3) is 0 Å². The van der Waals surface area contributed by atoms with Gasteiger partial charge in [-0.25, -0.2) is 15.0 Å². The molecule has 1 fully saturated rings. The minimum Gasteiger partial charge on any atom is -0.480 e. The average Bonchev–Trinajstić information content (AvgIpc) is 2.80. The van der Waals surface area contributed by atoms with E-state index in [4.69, 9.17) is 16.3 Å². The molecule has 31 heavy (non-hydrogen) atoms. The number of nitrogens with zero attached hydrogens (tertiary/aromatic N) is 5. The third-order valence-corrected chi connectivity index (χ3v) is 5.68. The molecule has 0 aliphatic carbocycles. The van der Waals surface area contributed by atoms with Crippen LogP contribution in [0, 0.1) is 12.8 Å². The Labute approximate surface area is 185 Å². The molecule has 0 unspecified atom stereocenters. The molecule has 8 nitrogen and oxygen atoms in total. The number of hydrogen-bond donors (Lipinski definition) is 1. The molecule has 1 amide bonds. The molecule has 1 aliphatic heterocycles. The van der Waals surface area contributed by atoms with Crippen molar-refractivity contribution in [3.8, 4) is 17.1 Å². The van der Waals surface area contributed by atoms with Crippen LogP contribution in [0.3, 0.4) is 0 Å². The van der Waals surface area contributed by atoms with Crippen LogP contribution in [-0.4, -0.2) is 46.0 Å². The summed E-state index contributed by atoms with van der Waals surface area (Å²) in [5.41, 5.74) is 2.77. The second-order valence-electron chi connectivity index (χ2n) is 7.39. The number of halogens is 1. The SMILES string of the molecule is COc1cnc(NC(=O)C2CCN(c3cc(-c4ncccc4C)c(Cl)cn3)CC2)cn1. The molecule has 0 bridgehead atoms. The molecule has 160 valence electrons. The van der Waals surface area contributed by atoms with Gasteiger partial charge in [0.1, 0.15) is 5.82 Å². The summed E-state index contributed by atoms with van der Waals surface area (Å²) in [5, 5.41) is 3.40. The summed E-state index contributed by atoms with van der Waals surface area (Å²) in [5.74, 6) is 1.52. The number of aromatic nitrogens is 4. The van der Waals surface area contributed by atoms with E-state index < -0.39 is 0 Å². The van der Waals surface area contributed by atoms with E-state index in [2.05, 4.69) is 30.2 Å². The molecular formula is C22H23ClN6O2. The van der Waals surface area contributed by atoms with Crippen molar-refractivity contribution >= 4 is 29.1 Å². The van der Waals surface area contributed by atoms with Gasteiger partial charge < -0.3 is 15.0 Å². The van der Waals surface area contributed by atoms with Crippen molar-refractivity contribution in [1.29, 1.82) is 0 Å². The van der Waals surface area contributed by atoms with Gasteiger partial charge in [-0.05, 0) is 37.5 Å². The fourth-order valence-corrected chi connectivity index (χ4v) is 3.83. The van der Waals surface area contributed by atoms with Gasteiger partial charge in [-0.3, -0.25) is 9.78 Å². The lowest BCUT2D eigenvalue weighted by Gasteiger charge is -2.32. The minimum absolute atomic E-state index is 0.0482. The highest BCUT2D eigenvalue weighted by atomic mass is 35.5. The first-order chi connectivity index (χ1) is 15.0. The number of carbonyl (C=O) groups excluding carboxylic acids is 1. The minimum atomic E-state index is -0.0926. The molecule has 4 rings (SSSR count). The van der Waals surface area contributed by atoms with Crippen molar-refractivity contribution in [2.75, 3.05) is 30.4 Å². The summed E-state index contributed by atoms with van der Waals surface area (Å²) in [6.45, 7) is 3.46. The Bertz CT molecular complexity index is 1070. The standard InChI is InChI=1S/C22H23ClN6O2/c1-14-4-3-7-24-21(14)16-10-19(26-11-17(16)23)29-8-5-15(6-9-29)22(30)28-18-12-27-20(31-2)13-25-18/h3-4,7,10-13,15H,5-6,8-9H2,1-2H3,(H,25,28,30). The number of hydrogen-bond acceptors (Lipinski definition) is 7. The number of aryl methyl sites for hydroxylation is 1. The molecule has 0 aromatic carbocycles. The van der Waals surface area contributed by atoms with Crippen molar-refractivity contribution in [3.63, 3.8) is 0 Å². The maximum atomic E-state index is 12.6. The predicted octanol–water partition coefficient (Wildman–Crippen LogP) is 3.76. The topological polar surface area (TPSA) is 93.1 Å². The largest absolute Gasteiger partial charge is 0.480 e. The van der Waals surface area contributed by atoms with Gasteiger partial charge >= 0.3 is 0 Å². The molecule has 0 atom stereocenters. The van der Waals surface area contributed by atoms with E-state index in [9.17, 15) is 4.79 Å². The van der Waals surface area contributed by atoms with Gasteiger partial charge in [-0.15, -0.1) is 0 Å². The third kappa shape index (κ3) is 4.74. The van der Waals surface area contributed by atoms with Gasteiger partial charge in [0.2, 0.25) is 11.8 Å². The number of anilines is 2. The Morgan fingerprint density at radius 1 is 1.16 bits per heavy atom. The maximum absolute atomic E-state index is 12.6. The lowest BCUT2D eigenvalue weighted by Crippen LogP contribution is -2.38. The Balaban J connectivity index is 1.41. The Kier molecular flexibility index (Phi) is 6.27. The summed E-state index contributed by atoms with van der Waals surface area (Å²) >= 11 is 6.41. The van der Waals surface area contributed by atoms with Crippen LogP contribution in [0.25, 0.3) is 11.3 Å². The maximum Gasteiger partial charge on any atom is 0.232 e. The monoisotopic (exact) mass is 438 g/mol. The highest BCUT2D eigenvalue weighted by Crippen LogP contribution is 2.32. The summed E-state index contributed by atoms with van der Waals surface area (Å²) in [4.78, 5) is 32.0. The molecule has 0 saturated carbocycles. The summed E-state index contributed by atoms with van der Waals surface area (Å²) in [6, 6.07) is 5.89. The van der Waals surface area contributed by atoms with E-state index in [1.54, 1.807) is 12.4 Å². The molecule has 0 radical (unpaired) electrons. The summed E-state index contributed by atoms with van der Waals surface area (Å²) < 4.78 is 4.98. The lowest BCUT2D eigenvalue weighted by molar-refractivity contribution is -0.120. The number of nitrogens with one attached hydrogen (secondary N) is 1. The molecule has 3 aromatic heterocycles. The summed E-state index contributed by atoms with van der Waals surface area (Å²) in [7, 11) is 1.52. The Hall–Kier alpha value is -3.26. The van der Waals surface area contributed by atoms with Crippen LogP contribution in [0.1, 0.15) is 18.4 Å². The zero-order valence-corrected chi connectivity index (χ0v) is 18.1. The van der Waals surface area contributed by atoms with E-state index >= 15 is 0 Å². The molecular weight excluding hydrogens is 416 g/mol. The van der Waals surface area contributed by atoms with Crippen LogP contribution in [-0.2, 0) is 4.79 Å². The average molecular weight is 439 g/mol. The fraction of sp³-hybridized carbons (Fsp3) is 0.318. The van der Waals surface area contributed by atoms with Gasteiger partial charge in [0.15, 0.2) is 5.82 Å². The first-order valence-corrected chi connectivity index (χ1v) is 10.4. The van der Waals surface area contributed by atoms with Crippen LogP contribution >= 0.6 is 11.6 Å². The van der Waals surface area contributed by atoms with Gasteiger partial charge in [0, 0.05) is 37.0 Å². The molecule has 1 N–H and O–H groups in total. The zero-order valence-electron chi connectivity index (χ0n) is 17.4. The van der Waals surface area contributed by atoms with E-state index in [-0.39, 0.29) is 11.8 Å². The summed E-state index contributed by atoms with van der Waals surface area (Å²) in [6.07, 6.45) is 7.84. The van der Waals surface area contributed by atoms with Crippen LogP contribution in [0.2, 0.25) is 5.02 Å². The Morgan fingerprint density at radius 2 is 1.97 bits per heavy atom. The van der Waals surface area contributed by atoms with Crippen molar-refractivity contribution in [3.05, 3.63) is 53.6 Å². The van der Waals surface area contributed by atoms with Crippen molar-refractivity contribution in [2.24, 2.45) is 5.92 Å². The second-order valence-corrected chi connectivity index (χ2v) is 7.79. The number of pyridine rings is 2. The molecule has 1 saturated heterocycles. The van der Waals surface area contributed by atoms with Crippen LogP contribution in [0.15, 0.2) is 43.0 Å². The van der Waals surface area contributed by atoms with Gasteiger partial charge in [-0.2, -0.15) is 0 Å². The van der Waals surface area contributed by atoms with Crippen molar-refractivity contribution in [2.45, 2.75) is 19.8 Å². The number of methoxy groups -OCH3 is 1. The molecule has 0 spiro atoms. The smallest absolute Gasteiger partial charge is 0.232 e. The Morgan fingerprint density at radius 3 is 2.65 bits per heavy atom. The van der Waals surface area contributed by atoms with Crippen LogP contribution < -0.4 is 15.0 Å². The lowest BCUT2D eigenvalue weighted by atomic mass is 9.95.